The maximum Gasteiger partial charge on any atom is 0.0850 e. The van der Waals surface area contributed by atoms with Crippen molar-refractivity contribution in [2.24, 2.45) is 23.7 Å². The highest BCUT2D eigenvalue weighted by atomic mass is 16.3. The van der Waals surface area contributed by atoms with Gasteiger partial charge in [-0.3, -0.25) is 0 Å². The molecule has 0 aromatic carbocycles. The van der Waals surface area contributed by atoms with Crippen molar-refractivity contribution in [2.45, 2.75) is 53.9 Å². The fraction of sp³-hybridized carbons (Fsp3) is 1.00. The highest BCUT2D eigenvalue weighted by Crippen LogP contribution is 2.23. The molecule has 85 valence electrons. The molecule has 0 rings (SSSR count). The zero-order valence-corrected chi connectivity index (χ0v) is 10.5. The predicted molar refractivity (Wildman–Crippen MR) is 61.7 cm³/mol. The van der Waals surface area contributed by atoms with Crippen molar-refractivity contribution in [3.05, 3.63) is 0 Å². The highest BCUT2D eigenvalue weighted by Gasteiger charge is 2.15. The van der Waals surface area contributed by atoms with Gasteiger partial charge in [0, 0.05) is 0 Å². The van der Waals surface area contributed by atoms with E-state index < -0.39 is 0 Å². The molecule has 0 aliphatic carbocycles. The molecule has 0 aliphatic rings. The van der Waals surface area contributed by atoms with Gasteiger partial charge in [-0.2, -0.15) is 0 Å². The van der Waals surface area contributed by atoms with Crippen molar-refractivity contribution in [3.63, 3.8) is 0 Å². The molecule has 0 heterocycles. The fourth-order valence-corrected chi connectivity index (χ4v) is 2.37. The Morgan fingerprint density at radius 3 is 1.64 bits per heavy atom. The third kappa shape index (κ3) is 7.37. The Morgan fingerprint density at radius 2 is 1.29 bits per heavy atom. The standard InChI is InChI=1S/C13H27O/c1-10(2)6-12(5)8-13(9-14)7-11(3)4/h10-13H,6-9H2,1-5H3. The molecule has 0 saturated carbocycles. The van der Waals surface area contributed by atoms with Crippen molar-refractivity contribution in [2.75, 3.05) is 6.61 Å². The summed E-state index contributed by atoms with van der Waals surface area (Å²) in [5.41, 5.74) is 0. The highest BCUT2D eigenvalue weighted by molar-refractivity contribution is 4.65. The molecule has 2 unspecified atom stereocenters. The average molecular weight is 199 g/mol. The summed E-state index contributed by atoms with van der Waals surface area (Å²) in [6.45, 7) is 11.3. The van der Waals surface area contributed by atoms with Crippen LogP contribution in [0.25, 0.3) is 0 Å². The minimum Gasteiger partial charge on any atom is -0.236 e. The molecule has 0 spiro atoms. The third-order valence-corrected chi connectivity index (χ3v) is 2.65. The van der Waals surface area contributed by atoms with E-state index in [1.54, 1.807) is 0 Å². The molecule has 0 aliphatic heterocycles. The summed E-state index contributed by atoms with van der Waals surface area (Å²) in [6.07, 6.45) is 3.49. The molecule has 1 heteroatoms. The molecule has 1 nitrogen and oxygen atoms in total. The molecule has 0 amide bonds. The Bertz CT molecular complexity index is 129. The van der Waals surface area contributed by atoms with Crippen LogP contribution in [0.4, 0.5) is 0 Å². The van der Waals surface area contributed by atoms with Crippen molar-refractivity contribution < 1.29 is 5.11 Å². The molecule has 0 aromatic rings. The first kappa shape index (κ1) is 14.0. The van der Waals surface area contributed by atoms with Crippen LogP contribution in [0.3, 0.4) is 0 Å². The van der Waals surface area contributed by atoms with E-state index in [9.17, 15) is 5.11 Å². The van der Waals surface area contributed by atoms with Crippen LogP contribution < -0.4 is 0 Å². The molecule has 0 aromatic heterocycles. The lowest BCUT2D eigenvalue weighted by molar-refractivity contribution is 0.115. The first-order valence-electron chi connectivity index (χ1n) is 6.03. The molecule has 1 radical (unpaired) electrons. The van der Waals surface area contributed by atoms with E-state index in [1.165, 1.54) is 6.42 Å². The Morgan fingerprint density at radius 1 is 0.786 bits per heavy atom. The average Bonchev–Trinajstić information content (AvgIpc) is 2.00. The second-order valence-electron chi connectivity index (χ2n) is 5.63. The lowest BCUT2D eigenvalue weighted by Gasteiger charge is -2.21. The number of rotatable bonds is 7. The summed E-state index contributed by atoms with van der Waals surface area (Å²) in [7, 11) is 0. The molecule has 0 saturated heterocycles. The number of hydrogen-bond donors (Lipinski definition) is 0. The molecular formula is C13H27O. The van der Waals surface area contributed by atoms with Crippen LogP contribution in [0.1, 0.15) is 53.9 Å². The van der Waals surface area contributed by atoms with Crippen LogP contribution in [0.2, 0.25) is 0 Å². The summed E-state index contributed by atoms with van der Waals surface area (Å²) >= 11 is 0. The van der Waals surface area contributed by atoms with Crippen molar-refractivity contribution in [1.29, 1.82) is 0 Å². The quantitative estimate of drug-likeness (QED) is 0.587. The van der Waals surface area contributed by atoms with Crippen molar-refractivity contribution in [1.82, 2.24) is 0 Å². The first-order valence-corrected chi connectivity index (χ1v) is 6.03. The van der Waals surface area contributed by atoms with Crippen molar-refractivity contribution >= 4 is 0 Å². The van der Waals surface area contributed by atoms with Gasteiger partial charge in [-0.25, -0.2) is 5.11 Å². The van der Waals surface area contributed by atoms with Gasteiger partial charge in [0.2, 0.25) is 0 Å². The summed E-state index contributed by atoms with van der Waals surface area (Å²) in [6, 6.07) is 0. The topological polar surface area (TPSA) is 19.9 Å². The Labute approximate surface area is 89.9 Å². The van der Waals surface area contributed by atoms with E-state index in [0.717, 1.165) is 18.8 Å². The largest absolute Gasteiger partial charge is 0.236 e. The molecule has 0 bridgehead atoms. The SMILES string of the molecule is CC(C)CC(C)CC(C[O])CC(C)C. The summed E-state index contributed by atoms with van der Waals surface area (Å²) in [4.78, 5) is 0. The van der Waals surface area contributed by atoms with Crippen LogP contribution in [0.5, 0.6) is 0 Å². The zero-order valence-electron chi connectivity index (χ0n) is 10.5. The molecule has 0 fully saturated rings. The summed E-state index contributed by atoms with van der Waals surface area (Å²) < 4.78 is 0. The zero-order chi connectivity index (χ0) is 11.1. The van der Waals surface area contributed by atoms with Gasteiger partial charge in [0.15, 0.2) is 0 Å². The Balaban J connectivity index is 3.79. The van der Waals surface area contributed by atoms with Crippen LogP contribution in [-0.4, -0.2) is 6.61 Å². The lowest BCUT2D eigenvalue weighted by Crippen LogP contribution is -2.13. The van der Waals surface area contributed by atoms with Gasteiger partial charge in [-0.15, -0.1) is 0 Å². The molecule has 0 N–H and O–H groups in total. The van der Waals surface area contributed by atoms with Gasteiger partial charge in [-0.1, -0.05) is 34.6 Å². The Hall–Kier alpha value is -0.0400. The monoisotopic (exact) mass is 199 g/mol. The van der Waals surface area contributed by atoms with Gasteiger partial charge in [-0.05, 0) is 42.9 Å². The van der Waals surface area contributed by atoms with E-state index in [0.29, 0.717) is 17.8 Å². The Kier molecular flexibility index (Phi) is 7.26. The molecule has 2 atom stereocenters. The van der Waals surface area contributed by atoms with E-state index in [-0.39, 0.29) is 6.61 Å². The van der Waals surface area contributed by atoms with E-state index >= 15 is 0 Å². The van der Waals surface area contributed by atoms with Crippen LogP contribution >= 0.6 is 0 Å². The third-order valence-electron chi connectivity index (χ3n) is 2.65. The fourth-order valence-electron chi connectivity index (χ4n) is 2.37. The maximum atomic E-state index is 11.0. The van der Waals surface area contributed by atoms with E-state index in [2.05, 4.69) is 34.6 Å². The minimum absolute atomic E-state index is 0.112. The first-order chi connectivity index (χ1) is 6.45. The maximum absolute atomic E-state index is 11.0. The van der Waals surface area contributed by atoms with Gasteiger partial charge in [0.25, 0.3) is 0 Å². The van der Waals surface area contributed by atoms with Gasteiger partial charge < -0.3 is 0 Å². The van der Waals surface area contributed by atoms with Crippen LogP contribution in [0.15, 0.2) is 0 Å². The van der Waals surface area contributed by atoms with Crippen molar-refractivity contribution in [3.8, 4) is 0 Å². The van der Waals surface area contributed by atoms with Gasteiger partial charge >= 0.3 is 0 Å². The second-order valence-corrected chi connectivity index (χ2v) is 5.63. The lowest BCUT2D eigenvalue weighted by atomic mass is 9.86. The minimum atomic E-state index is 0.112. The van der Waals surface area contributed by atoms with Crippen LogP contribution in [0, 0.1) is 23.7 Å². The molecular weight excluding hydrogens is 172 g/mol. The normalized spacial score (nSPS) is 16.3. The predicted octanol–water partition coefficient (Wildman–Crippen LogP) is 4.15. The summed E-state index contributed by atoms with van der Waals surface area (Å²) in [5, 5.41) is 11.0. The summed E-state index contributed by atoms with van der Waals surface area (Å²) in [5.74, 6) is 2.55. The van der Waals surface area contributed by atoms with Crippen LogP contribution in [-0.2, 0) is 5.11 Å². The van der Waals surface area contributed by atoms with E-state index in [4.69, 9.17) is 0 Å². The van der Waals surface area contributed by atoms with E-state index in [1.807, 2.05) is 0 Å². The second kappa shape index (κ2) is 7.28. The number of hydrogen-bond acceptors (Lipinski definition) is 0. The van der Waals surface area contributed by atoms with Gasteiger partial charge in [0.1, 0.15) is 0 Å². The molecule has 14 heavy (non-hydrogen) atoms. The smallest absolute Gasteiger partial charge is 0.0850 e. The van der Waals surface area contributed by atoms with Gasteiger partial charge in [0.05, 0.1) is 6.61 Å².